The van der Waals surface area contributed by atoms with Crippen molar-refractivity contribution in [3.8, 4) is 0 Å². The lowest BCUT2D eigenvalue weighted by molar-refractivity contribution is 0.165. The van der Waals surface area contributed by atoms with Crippen molar-refractivity contribution >= 4 is 6.21 Å². The lowest BCUT2D eigenvalue weighted by atomic mass is 10.4. The molecule has 39 valence electrons. The second-order valence-corrected chi connectivity index (χ2v) is 1.36. The summed E-state index contributed by atoms with van der Waals surface area (Å²) in [6, 6.07) is 0. The molecule has 1 unspecified atom stereocenters. The predicted molar refractivity (Wildman–Crippen MR) is 26.3 cm³/mol. The Bertz CT molecular complexity index is 81.8. The second-order valence-electron chi connectivity index (χ2n) is 1.36. The standard InChI is InChI=1S/C4H7N2O/c1-7-4-2-5-6-3-4/h2,4H,3H2,1H3. The predicted octanol–water partition coefficient (Wildman–Crippen LogP) is -0.395. The summed E-state index contributed by atoms with van der Waals surface area (Å²) in [5, 5.41) is 3.61. The van der Waals surface area contributed by atoms with Gasteiger partial charge < -0.3 is 4.74 Å². The highest BCUT2D eigenvalue weighted by atomic mass is 16.5. The van der Waals surface area contributed by atoms with E-state index in [1.165, 1.54) is 0 Å². The molecule has 1 heterocycles. The fourth-order valence-corrected chi connectivity index (χ4v) is 0.432. The first-order valence-corrected chi connectivity index (χ1v) is 2.16. The molecular weight excluding hydrogens is 92.1 g/mol. The number of hydrogen-bond donors (Lipinski definition) is 0. The van der Waals surface area contributed by atoms with E-state index in [9.17, 15) is 0 Å². The van der Waals surface area contributed by atoms with Crippen LogP contribution in [-0.2, 0) is 4.74 Å². The largest absolute Gasteiger partial charge is 0.374 e. The zero-order valence-electron chi connectivity index (χ0n) is 4.16. The van der Waals surface area contributed by atoms with Crippen molar-refractivity contribution in [3.05, 3.63) is 0 Å². The highest BCUT2D eigenvalue weighted by molar-refractivity contribution is 5.64. The van der Waals surface area contributed by atoms with E-state index < -0.39 is 0 Å². The molecule has 0 aromatic heterocycles. The Labute approximate surface area is 42.4 Å². The van der Waals surface area contributed by atoms with Gasteiger partial charge in [-0.05, 0) is 0 Å². The van der Waals surface area contributed by atoms with Crippen LogP contribution in [0.1, 0.15) is 0 Å². The Morgan fingerprint density at radius 2 is 2.71 bits per heavy atom. The lowest BCUT2D eigenvalue weighted by Gasteiger charge is -1.96. The molecule has 7 heavy (non-hydrogen) atoms. The molecule has 1 rings (SSSR count). The van der Waals surface area contributed by atoms with Crippen LogP contribution in [0.15, 0.2) is 5.10 Å². The molecule has 0 fully saturated rings. The fraction of sp³-hybridized carbons (Fsp3) is 0.750. The van der Waals surface area contributed by atoms with Gasteiger partial charge in [-0.25, -0.2) is 0 Å². The summed E-state index contributed by atoms with van der Waals surface area (Å²) < 4.78 is 4.87. The molecule has 0 aromatic rings. The normalized spacial score (nSPS) is 27.9. The van der Waals surface area contributed by atoms with Gasteiger partial charge in [-0.1, -0.05) is 0 Å². The Hall–Kier alpha value is -0.570. The zero-order valence-corrected chi connectivity index (χ0v) is 4.16. The third kappa shape index (κ3) is 0.899. The summed E-state index contributed by atoms with van der Waals surface area (Å²) in [6.07, 6.45) is 1.83. The lowest BCUT2D eigenvalue weighted by Crippen LogP contribution is -2.14. The van der Waals surface area contributed by atoms with Crippen LogP contribution in [0.5, 0.6) is 0 Å². The molecule has 0 N–H and O–H groups in total. The zero-order chi connectivity index (χ0) is 5.11. The molecule has 0 bridgehead atoms. The summed E-state index contributed by atoms with van der Waals surface area (Å²) in [4.78, 5) is 0. The van der Waals surface area contributed by atoms with Crippen molar-refractivity contribution in [2.75, 3.05) is 13.7 Å². The fourth-order valence-electron chi connectivity index (χ4n) is 0.432. The van der Waals surface area contributed by atoms with E-state index in [4.69, 9.17) is 4.74 Å². The molecule has 3 heteroatoms. The van der Waals surface area contributed by atoms with E-state index in [0.717, 1.165) is 0 Å². The van der Waals surface area contributed by atoms with E-state index in [1.807, 2.05) is 0 Å². The van der Waals surface area contributed by atoms with Crippen LogP contribution >= 0.6 is 0 Å². The van der Waals surface area contributed by atoms with Gasteiger partial charge in [0.05, 0.1) is 12.8 Å². The summed E-state index contributed by atoms with van der Waals surface area (Å²) >= 11 is 0. The van der Waals surface area contributed by atoms with Crippen molar-refractivity contribution < 1.29 is 4.74 Å². The minimum absolute atomic E-state index is 0.139. The number of methoxy groups -OCH3 is 1. The number of nitrogens with zero attached hydrogens (tertiary/aromatic N) is 2. The quantitative estimate of drug-likeness (QED) is 0.440. The van der Waals surface area contributed by atoms with Crippen molar-refractivity contribution in [1.82, 2.24) is 5.43 Å². The van der Waals surface area contributed by atoms with Gasteiger partial charge in [0, 0.05) is 7.11 Å². The summed E-state index contributed by atoms with van der Waals surface area (Å²) in [5.41, 5.74) is 3.68. The van der Waals surface area contributed by atoms with E-state index in [1.54, 1.807) is 13.3 Å². The maximum Gasteiger partial charge on any atom is 0.115 e. The molecule has 1 aliphatic rings. The van der Waals surface area contributed by atoms with Gasteiger partial charge in [0.15, 0.2) is 0 Å². The average molecular weight is 99.1 g/mol. The summed E-state index contributed by atoms with van der Waals surface area (Å²) in [7, 11) is 1.65. The van der Waals surface area contributed by atoms with Crippen molar-refractivity contribution in [3.63, 3.8) is 0 Å². The smallest absolute Gasteiger partial charge is 0.115 e. The van der Waals surface area contributed by atoms with Crippen LogP contribution in [0.2, 0.25) is 0 Å². The maximum absolute atomic E-state index is 4.87. The van der Waals surface area contributed by atoms with Crippen LogP contribution in [0.3, 0.4) is 0 Å². The third-order valence-electron chi connectivity index (χ3n) is 0.879. The monoisotopic (exact) mass is 99.1 g/mol. The van der Waals surface area contributed by atoms with Crippen LogP contribution in [0, 0.1) is 0 Å². The van der Waals surface area contributed by atoms with Crippen molar-refractivity contribution in [1.29, 1.82) is 0 Å². The summed E-state index contributed by atoms with van der Waals surface area (Å²) in [5.74, 6) is 0. The number of ether oxygens (including phenoxy) is 1. The van der Waals surface area contributed by atoms with E-state index in [2.05, 4.69) is 10.5 Å². The molecule has 0 saturated carbocycles. The Balaban J connectivity index is 2.28. The molecule has 1 aliphatic heterocycles. The van der Waals surface area contributed by atoms with Gasteiger partial charge >= 0.3 is 0 Å². The maximum atomic E-state index is 4.87. The molecule has 0 aromatic carbocycles. The van der Waals surface area contributed by atoms with E-state index in [-0.39, 0.29) is 6.10 Å². The highest BCUT2D eigenvalue weighted by Crippen LogP contribution is 1.89. The van der Waals surface area contributed by atoms with Crippen LogP contribution in [0.25, 0.3) is 0 Å². The van der Waals surface area contributed by atoms with Gasteiger partial charge in [0.2, 0.25) is 0 Å². The highest BCUT2D eigenvalue weighted by Gasteiger charge is 2.07. The van der Waals surface area contributed by atoms with Gasteiger partial charge in [-0.15, -0.1) is 0 Å². The molecule has 0 spiro atoms. The average Bonchev–Trinajstić information content (AvgIpc) is 2.14. The first-order chi connectivity index (χ1) is 3.43. The first kappa shape index (κ1) is 4.59. The van der Waals surface area contributed by atoms with E-state index in [0.29, 0.717) is 6.54 Å². The second kappa shape index (κ2) is 1.93. The first-order valence-electron chi connectivity index (χ1n) is 2.16. The Morgan fingerprint density at radius 1 is 1.86 bits per heavy atom. The van der Waals surface area contributed by atoms with Gasteiger partial charge in [-0.2, -0.15) is 10.5 Å². The van der Waals surface area contributed by atoms with Crippen molar-refractivity contribution in [2.24, 2.45) is 5.10 Å². The van der Waals surface area contributed by atoms with Crippen LogP contribution < -0.4 is 5.43 Å². The molecule has 1 atom stereocenters. The van der Waals surface area contributed by atoms with Gasteiger partial charge in [0.25, 0.3) is 0 Å². The molecule has 0 saturated heterocycles. The van der Waals surface area contributed by atoms with Gasteiger partial charge in [-0.3, -0.25) is 0 Å². The van der Waals surface area contributed by atoms with Crippen LogP contribution in [0.4, 0.5) is 0 Å². The molecule has 3 nitrogen and oxygen atoms in total. The van der Waals surface area contributed by atoms with Crippen LogP contribution in [-0.4, -0.2) is 26.0 Å². The van der Waals surface area contributed by atoms with E-state index >= 15 is 0 Å². The van der Waals surface area contributed by atoms with Crippen molar-refractivity contribution in [2.45, 2.75) is 6.10 Å². The SMILES string of the molecule is COC1C=N[N]C1. The van der Waals surface area contributed by atoms with Gasteiger partial charge in [0.1, 0.15) is 6.10 Å². The minimum atomic E-state index is 0.139. The Kier molecular flexibility index (Phi) is 1.26. The molecule has 0 aliphatic carbocycles. The third-order valence-corrected chi connectivity index (χ3v) is 0.879. The number of rotatable bonds is 1. The Morgan fingerprint density at radius 3 is 3.00 bits per heavy atom. The topological polar surface area (TPSA) is 35.7 Å². The molecule has 1 radical (unpaired) electrons. The number of hydrogen-bond acceptors (Lipinski definition) is 2. The minimum Gasteiger partial charge on any atom is -0.374 e. The molecular formula is C4H7N2O. The summed E-state index contributed by atoms with van der Waals surface area (Å²) in [6.45, 7) is 0.691. The molecule has 0 amide bonds.